The van der Waals surface area contributed by atoms with E-state index in [1.165, 1.54) is 4.90 Å². The molecule has 0 amide bonds. The third-order valence-electron chi connectivity index (χ3n) is 5.08. The molecule has 0 bridgehead atoms. The minimum Gasteiger partial charge on any atom is -0.357 e. The van der Waals surface area contributed by atoms with E-state index >= 15 is 0 Å². The number of halogens is 4. The molecule has 0 aliphatic carbocycles. The zero-order valence-electron chi connectivity index (χ0n) is 16.9. The maximum absolute atomic E-state index is 12.5. The summed E-state index contributed by atoms with van der Waals surface area (Å²) in [5, 5.41) is 4.01. The number of hydrogen-bond acceptors (Lipinski definition) is 2. The summed E-state index contributed by atoms with van der Waals surface area (Å²) in [7, 11) is 3.95. The van der Waals surface area contributed by atoms with Crippen LogP contribution in [-0.4, -0.2) is 66.3 Å². The van der Waals surface area contributed by atoms with Gasteiger partial charge in [0.05, 0.1) is 18.1 Å². The molecule has 2 rings (SSSR count). The average molecular weight is 422 g/mol. The summed E-state index contributed by atoms with van der Waals surface area (Å²) in [5.74, 6) is 1.27. The van der Waals surface area contributed by atoms with Crippen LogP contribution in [0.5, 0.6) is 0 Å². The van der Waals surface area contributed by atoms with Crippen LogP contribution in [0.4, 0.5) is 13.2 Å². The number of aromatic nitrogens is 1. The van der Waals surface area contributed by atoms with Gasteiger partial charge in [0, 0.05) is 39.1 Å². The van der Waals surface area contributed by atoms with Crippen LogP contribution < -0.4 is 5.32 Å². The van der Waals surface area contributed by atoms with E-state index in [9.17, 15) is 13.2 Å². The third kappa shape index (κ3) is 7.54. The molecule has 1 fully saturated rings. The quantitative estimate of drug-likeness (QED) is 0.538. The first-order valence-electron chi connectivity index (χ1n) is 9.77. The molecule has 0 unspecified atom stereocenters. The molecule has 0 saturated carbocycles. The minimum absolute atomic E-state index is 0.438. The van der Waals surface area contributed by atoms with Crippen molar-refractivity contribution in [3.8, 4) is 0 Å². The summed E-state index contributed by atoms with van der Waals surface area (Å²) in [6.45, 7) is 4.39. The Labute approximate surface area is 170 Å². The van der Waals surface area contributed by atoms with Gasteiger partial charge in [0.25, 0.3) is 0 Å². The van der Waals surface area contributed by atoms with Crippen molar-refractivity contribution in [3.63, 3.8) is 0 Å². The van der Waals surface area contributed by atoms with E-state index in [-0.39, 0.29) is 0 Å². The molecule has 0 aromatic carbocycles. The number of hydrogen-bond donors (Lipinski definition) is 1. The van der Waals surface area contributed by atoms with Gasteiger partial charge in [0.2, 0.25) is 0 Å². The fourth-order valence-electron chi connectivity index (χ4n) is 3.55. The number of aliphatic imine (C=N–C) groups is 1. The monoisotopic (exact) mass is 421 g/mol. The van der Waals surface area contributed by atoms with E-state index < -0.39 is 12.7 Å². The van der Waals surface area contributed by atoms with Gasteiger partial charge in [-0.15, -0.1) is 0 Å². The van der Waals surface area contributed by atoms with Crippen LogP contribution in [0, 0.1) is 5.92 Å². The molecule has 0 radical (unpaired) electrons. The largest absolute Gasteiger partial charge is 0.401 e. The van der Waals surface area contributed by atoms with Crippen molar-refractivity contribution < 1.29 is 13.2 Å². The van der Waals surface area contributed by atoms with Crippen molar-refractivity contribution in [3.05, 3.63) is 23.0 Å². The van der Waals surface area contributed by atoms with Gasteiger partial charge in [-0.1, -0.05) is 11.6 Å². The summed E-state index contributed by atoms with van der Waals surface area (Å²) in [4.78, 5) is 8.27. The van der Waals surface area contributed by atoms with E-state index in [0.717, 1.165) is 37.5 Å². The zero-order valence-corrected chi connectivity index (χ0v) is 17.7. The lowest BCUT2D eigenvalue weighted by Crippen LogP contribution is -2.40. The Morgan fingerprint density at radius 2 is 2.04 bits per heavy atom. The summed E-state index contributed by atoms with van der Waals surface area (Å²) in [5.41, 5.74) is 1.09. The van der Waals surface area contributed by atoms with E-state index in [4.69, 9.17) is 16.6 Å². The Morgan fingerprint density at radius 3 is 2.57 bits per heavy atom. The molecule has 0 spiro atoms. The number of guanidine groups is 1. The van der Waals surface area contributed by atoms with E-state index in [2.05, 4.69) is 10.2 Å². The van der Waals surface area contributed by atoms with Gasteiger partial charge in [-0.2, -0.15) is 13.2 Å². The van der Waals surface area contributed by atoms with Crippen LogP contribution in [-0.2, 0) is 13.6 Å². The van der Waals surface area contributed by atoms with Crippen molar-refractivity contribution in [2.75, 3.05) is 39.8 Å². The molecule has 1 saturated heterocycles. The highest BCUT2D eigenvalue weighted by molar-refractivity contribution is 6.30. The Morgan fingerprint density at radius 1 is 1.36 bits per heavy atom. The first-order valence-corrected chi connectivity index (χ1v) is 10.1. The van der Waals surface area contributed by atoms with Crippen molar-refractivity contribution in [1.29, 1.82) is 0 Å². The molecule has 1 aliphatic rings. The Balaban J connectivity index is 1.81. The minimum atomic E-state index is -4.11. The number of nitrogens with zero attached hydrogens (tertiary/aromatic N) is 4. The number of nitrogens with one attached hydrogen (secondary N) is 1. The summed E-state index contributed by atoms with van der Waals surface area (Å²) in [6.07, 6.45) is 0.281. The second kappa shape index (κ2) is 10.4. The highest BCUT2D eigenvalue weighted by Crippen LogP contribution is 2.24. The summed E-state index contributed by atoms with van der Waals surface area (Å²) in [6, 6.07) is 1.94. The molecule has 5 nitrogen and oxygen atoms in total. The molecule has 1 N–H and O–H groups in total. The molecule has 160 valence electrons. The first kappa shape index (κ1) is 22.9. The van der Waals surface area contributed by atoms with Crippen LogP contribution >= 0.6 is 11.6 Å². The van der Waals surface area contributed by atoms with E-state index in [1.54, 1.807) is 0 Å². The second-order valence-electron chi connectivity index (χ2n) is 7.48. The van der Waals surface area contributed by atoms with Crippen LogP contribution in [0.2, 0.25) is 5.02 Å². The molecule has 9 heteroatoms. The third-order valence-corrected chi connectivity index (χ3v) is 5.29. The highest BCUT2D eigenvalue weighted by atomic mass is 35.5. The normalized spacial score (nSPS) is 17.2. The number of likely N-dealkylation sites (tertiary alicyclic amines) is 1. The maximum atomic E-state index is 12.5. The van der Waals surface area contributed by atoms with Crippen LogP contribution in [0.3, 0.4) is 0 Å². The molecular formula is C19H31ClF3N5. The van der Waals surface area contributed by atoms with Gasteiger partial charge in [-0.3, -0.25) is 9.89 Å². The van der Waals surface area contributed by atoms with Gasteiger partial charge in [0.15, 0.2) is 5.96 Å². The Hall–Kier alpha value is -1.41. The van der Waals surface area contributed by atoms with Crippen LogP contribution in [0.15, 0.2) is 17.3 Å². The van der Waals surface area contributed by atoms with Crippen molar-refractivity contribution in [1.82, 2.24) is 19.7 Å². The summed E-state index contributed by atoms with van der Waals surface area (Å²) < 4.78 is 39.4. The van der Waals surface area contributed by atoms with Gasteiger partial charge >= 0.3 is 6.18 Å². The lowest BCUT2D eigenvalue weighted by molar-refractivity contribution is -0.148. The second-order valence-corrected chi connectivity index (χ2v) is 7.91. The van der Waals surface area contributed by atoms with Gasteiger partial charge < -0.3 is 14.8 Å². The average Bonchev–Trinajstić information content (AvgIpc) is 2.91. The predicted octanol–water partition coefficient (Wildman–Crippen LogP) is 3.74. The number of piperidine rings is 1. The molecule has 0 atom stereocenters. The van der Waals surface area contributed by atoms with Gasteiger partial charge in [0.1, 0.15) is 0 Å². The zero-order chi connectivity index (χ0) is 20.7. The smallest absolute Gasteiger partial charge is 0.357 e. The highest BCUT2D eigenvalue weighted by Gasteiger charge is 2.32. The maximum Gasteiger partial charge on any atom is 0.401 e. The van der Waals surface area contributed by atoms with Crippen molar-refractivity contribution in [2.45, 2.75) is 38.9 Å². The number of rotatable bonds is 7. The Bertz CT molecular complexity index is 636. The standard InChI is InChI=1S/C19H31ClF3N5/c1-4-24-18(27(3)13-17-11-16(20)12-26(17)2)25-8-5-15-6-9-28(10-7-15)14-19(21,22)23/h11-12,15H,4-10,13-14H2,1-3H3,(H,24,25). The first-order chi connectivity index (χ1) is 13.2. The van der Waals surface area contributed by atoms with Crippen molar-refractivity contribution >= 4 is 17.6 Å². The molecule has 1 aliphatic heterocycles. The fourth-order valence-corrected chi connectivity index (χ4v) is 3.82. The Kier molecular flexibility index (Phi) is 8.49. The molecular weight excluding hydrogens is 391 g/mol. The topological polar surface area (TPSA) is 35.8 Å². The number of alkyl halides is 3. The van der Waals surface area contributed by atoms with Crippen LogP contribution in [0.1, 0.15) is 31.9 Å². The predicted molar refractivity (Wildman–Crippen MR) is 108 cm³/mol. The molecule has 2 heterocycles. The van der Waals surface area contributed by atoms with Crippen molar-refractivity contribution in [2.24, 2.45) is 18.0 Å². The van der Waals surface area contributed by atoms with Crippen LogP contribution in [0.25, 0.3) is 0 Å². The van der Waals surface area contributed by atoms with E-state index in [1.807, 2.05) is 37.8 Å². The molecule has 1 aromatic rings. The van der Waals surface area contributed by atoms with Gasteiger partial charge in [-0.25, -0.2) is 0 Å². The lowest BCUT2D eigenvalue weighted by Gasteiger charge is -2.32. The number of aryl methyl sites for hydroxylation is 1. The van der Waals surface area contributed by atoms with Gasteiger partial charge in [-0.05, 0) is 51.3 Å². The fraction of sp³-hybridized carbons (Fsp3) is 0.737. The molecule has 1 aromatic heterocycles. The van der Waals surface area contributed by atoms with E-state index in [0.29, 0.717) is 37.1 Å². The summed E-state index contributed by atoms with van der Waals surface area (Å²) >= 11 is 6.05. The SMILES string of the molecule is CCNC(=NCCC1CCN(CC(F)(F)F)CC1)N(C)Cc1cc(Cl)cn1C. The lowest BCUT2D eigenvalue weighted by atomic mass is 9.93. The molecule has 28 heavy (non-hydrogen) atoms.